The van der Waals surface area contributed by atoms with E-state index in [0.29, 0.717) is 18.5 Å². The Kier molecular flexibility index (Phi) is 8.55. The van der Waals surface area contributed by atoms with Crippen LogP contribution in [0.1, 0.15) is 24.8 Å². The summed E-state index contributed by atoms with van der Waals surface area (Å²) in [5.74, 6) is -0.753. The van der Waals surface area contributed by atoms with Crippen LogP contribution in [0, 0.1) is 0 Å². The molecule has 0 aliphatic carbocycles. The van der Waals surface area contributed by atoms with Gasteiger partial charge in [-0.05, 0) is 36.3 Å². The SMILES string of the molecule is COC(=O)CCC(=O)NC(=S)Nc1cccc(CCC(=O)N(C)C)c1. The Bertz CT molecular complexity index is 647. The lowest BCUT2D eigenvalue weighted by Gasteiger charge is -2.12. The third-order valence-corrected chi connectivity index (χ3v) is 3.55. The number of amides is 2. The molecule has 8 heteroatoms. The predicted octanol–water partition coefficient (Wildman–Crippen LogP) is 1.47. The fourth-order valence-corrected chi connectivity index (χ4v) is 2.18. The number of esters is 1. The maximum atomic E-state index is 11.7. The van der Waals surface area contributed by atoms with Crippen molar-refractivity contribution in [1.82, 2.24) is 10.2 Å². The van der Waals surface area contributed by atoms with Crippen LogP contribution < -0.4 is 10.6 Å². The van der Waals surface area contributed by atoms with Crippen LogP contribution in [0.3, 0.4) is 0 Å². The minimum absolute atomic E-state index is 0.000333. The van der Waals surface area contributed by atoms with Gasteiger partial charge in [-0.15, -0.1) is 0 Å². The van der Waals surface area contributed by atoms with Crippen LogP contribution in [0.5, 0.6) is 0 Å². The second kappa shape index (κ2) is 10.4. The van der Waals surface area contributed by atoms with Gasteiger partial charge in [0.15, 0.2) is 5.11 Å². The molecular weight excluding hydrogens is 342 g/mol. The van der Waals surface area contributed by atoms with Crippen molar-refractivity contribution in [1.29, 1.82) is 0 Å². The Morgan fingerprint density at radius 1 is 1.16 bits per heavy atom. The lowest BCUT2D eigenvalue weighted by atomic mass is 10.1. The molecule has 1 rings (SSSR count). The lowest BCUT2D eigenvalue weighted by Crippen LogP contribution is -2.34. The Labute approximate surface area is 152 Å². The molecule has 0 saturated carbocycles. The van der Waals surface area contributed by atoms with E-state index < -0.39 is 5.97 Å². The molecule has 0 heterocycles. The minimum atomic E-state index is -0.450. The van der Waals surface area contributed by atoms with Crippen molar-refractivity contribution in [2.75, 3.05) is 26.5 Å². The van der Waals surface area contributed by atoms with Gasteiger partial charge in [-0.1, -0.05) is 12.1 Å². The summed E-state index contributed by atoms with van der Waals surface area (Å²) in [6.07, 6.45) is 1.04. The van der Waals surface area contributed by atoms with Gasteiger partial charge in [0.1, 0.15) is 0 Å². The van der Waals surface area contributed by atoms with Crippen molar-refractivity contribution in [3.05, 3.63) is 29.8 Å². The Hall–Kier alpha value is -2.48. The van der Waals surface area contributed by atoms with Crippen LogP contribution in [0.4, 0.5) is 5.69 Å². The Balaban J connectivity index is 2.49. The molecule has 0 unspecified atom stereocenters. The average molecular weight is 365 g/mol. The Morgan fingerprint density at radius 3 is 2.52 bits per heavy atom. The number of hydrogen-bond acceptors (Lipinski definition) is 5. The van der Waals surface area contributed by atoms with Crippen LogP contribution in [-0.4, -0.2) is 49.0 Å². The molecule has 0 fully saturated rings. The summed E-state index contributed by atoms with van der Waals surface area (Å²) >= 11 is 5.08. The number of carbonyl (C=O) groups excluding carboxylic acids is 3. The number of anilines is 1. The summed E-state index contributed by atoms with van der Waals surface area (Å²) < 4.78 is 4.47. The first-order valence-electron chi connectivity index (χ1n) is 7.78. The number of hydrogen-bond donors (Lipinski definition) is 2. The third kappa shape index (κ3) is 8.25. The normalized spacial score (nSPS) is 9.88. The van der Waals surface area contributed by atoms with E-state index in [1.807, 2.05) is 24.3 Å². The van der Waals surface area contributed by atoms with E-state index in [2.05, 4.69) is 15.4 Å². The van der Waals surface area contributed by atoms with Crippen LogP contribution in [0.15, 0.2) is 24.3 Å². The smallest absolute Gasteiger partial charge is 0.306 e. The number of nitrogens with one attached hydrogen (secondary N) is 2. The highest BCUT2D eigenvalue weighted by Crippen LogP contribution is 2.12. The van der Waals surface area contributed by atoms with Crippen LogP contribution in [0.2, 0.25) is 0 Å². The van der Waals surface area contributed by atoms with E-state index in [4.69, 9.17) is 12.2 Å². The molecule has 7 nitrogen and oxygen atoms in total. The summed E-state index contributed by atoms with van der Waals surface area (Å²) in [5, 5.41) is 5.57. The van der Waals surface area contributed by atoms with Crippen molar-refractivity contribution in [2.24, 2.45) is 0 Å². The number of rotatable bonds is 7. The zero-order chi connectivity index (χ0) is 18.8. The van der Waals surface area contributed by atoms with Crippen LogP contribution >= 0.6 is 12.2 Å². The molecular formula is C17H23N3O4S. The molecule has 0 aromatic heterocycles. The second-order valence-corrected chi connectivity index (χ2v) is 5.98. The van der Waals surface area contributed by atoms with Crippen LogP contribution in [-0.2, 0) is 25.5 Å². The first-order valence-corrected chi connectivity index (χ1v) is 8.19. The van der Waals surface area contributed by atoms with Crippen molar-refractivity contribution in [2.45, 2.75) is 25.7 Å². The highest BCUT2D eigenvalue weighted by molar-refractivity contribution is 7.80. The van der Waals surface area contributed by atoms with Crippen molar-refractivity contribution in [3.63, 3.8) is 0 Å². The lowest BCUT2D eigenvalue weighted by molar-refractivity contribution is -0.142. The molecule has 0 atom stereocenters. The first-order chi connectivity index (χ1) is 11.8. The summed E-state index contributed by atoms with van der Waals surface area (Å²) in [6, 6.07) is 7.45. The molecule has 1 aromatic rings. The topological polar surface area (TPSA) is 87.7 Å². The van der Waals surface area contributed by atoms with Gasteiger partial charge in [0.2, 0.25) is 11.8 Å². The maximum Gasteiger partial charge on any atom is 0.306 e. The molecule has 2 N–H and O–H groups in total. The number of nitrogens with zero attached hydrogens (tertiary/aromatic N) is 1. The molecule has 136 valence electrons. The van der Waals surface area contributed by atoms with E-state index in [0.717, 1.165) is 5.56 Å². The molecule has 0 saturated heterocycles. The van der Waals surface area contributed by atoms with E-state index in [1.54, 1.807) is 19.0 Å². The largest absolute Gasteiger partial charge is 0.469 e. The summed E-state index contributed by atoms with van der Waals surface area (Å²) in [4.78, 5) is 35.9. The van der Waals surface area contributed by atoms with Gasteiger partial charge in [0.05, 0.1) is 13.5 Å². The standard InChI is InChI=1S/C17H23N3O4S/c1-20(2)15(22)9-7-12-5-4-6-13(11-12)18-17(25)19-14(21)8-10-16(23)24-3/h4-6,11H,7-10H2,1-3H3,(H2,18,19,21,25). The summed E-state index contributed by atoms with van der Waals surface area (Å²) in [5.41, 5.74) is 1.70. The summed E-state index contributed by atoms with van der Waals surface area (Å²) in [7, 11) is 4.72. The zero-order valence-electron chi connectivity index (χ0n) is 14.6. The van der Waals surface area contributed by atoms with E-state index >= 15 is 0 Å². The number of benzene rings is 1. The quantitative estimate of drug-likeness (QED) is 0.562. The van der Waals surface area contributed by atoms with Crippen molar-refractivity contribution in [3.8, 4) is 0 Å². The first kappa shape index (κ1) is 20.6. The molecule has 0 spiro atoms. The van der Waals surface area contributed by atoms with Gasteiger partial charge >= 0.3 is 5.97 Å². The van der Waals surface area contributed by atoms with E-state index in [1.165, 1.54) is 7.11 Å². The second-order valence-electron chi connectivity index (χ2n) is 5.57. The molecule has 0 aliphatic heterocycles. The van der Waals surface area contributed by atoms with Gasteiger partial charge in [-0.25, -0.2) is 0 Å². The van der Waals surface area contributed by atoms with Gasteiger partial charge in [-0.2, -0.15) is 0 Å². The monoisotopic (exact) mass is 365 g/mol. The molecule has 1 aromatic carbocycles. The molecule has 0 bridgehead atoms. The maximum absolute atomic E-state index is 11.7. The number of aryl methyl sites for hydroxylation is 1. The van der Waals surface area contributed by atoms with Gasteiger partial charge < -0.3 is 20.3 Å². The highest BCUT2D eigenvalue weighted by Gasteiger charge is 2.09. The van der Waals surface area contributed by atoms with Crippen molar-refractivity contribution < 1.29 is 19.1 Å². The van der Waals surface area contributed by atoms with Gasteiger partial charge in [0, 0.05) is 32.6 Å². The van der Waals surface area contributed by atoms with Gasteiger partial charge in [-0.3, -0.25) is 14.4 Å². The number of methoxy groups -OCH3 is 1. The van der Waals surface area contributed by atoms with Gasteiger partial charge in [0.25, 0.3) is 0 Å². The average Bonchev–Trinajstić information content (AvgIpc) is 2.57. The van der Waals surface area contributed by atoms with Crippen molar-refractivity contribution >= 4 is 40.8 Å². The minimum Gasteiger partial charge on any atom is -0.469 e. The Morgan fingerprint density at radius 2 is 1.88 bits per heavy atom. The van der Waals surface area contributed by atoms with E-state index in [-0.39, 0.29) is 29.8 Å². The fourth-order valence-electron chi connectivity index (χ4n) is 1.95. The summed E-state index contributed by atoms with van der Waals surface area (Å²) in [6.45, 7) is 0. The van der Waals surface area contributed by atoms with Crippen LogP contribution in [0.25, 0.3) is 0 Å². The molecule has 0 aliphatic rings. The molecule has 25 heavy (non-hydrogen) atoms. The number of ether oxygens (including phenoxy) is 1. The third-order valence-electron chi connectivity index (χ3n) is 3.35. The molecule has 0 radical (unpaired) electrons. The molecule has 2 amide bonds. The zero-order valence-corrected chi connectivity index (χ0v) is 15.4. The highest BCUT2D eigenvalue weighted by atomic mass is 32.1. The number of thiocarbonyl (C=S) groups is 1. The fraction of sp³-hybridized carbons (Fsp3) is 0.412. The number of carbonyl (C=O) groups is 3. The van der Waals surface area contributed by atoms with E-state index in [9.17, 15) is 14.4 Å². The predicted molar refractivity (Wildman–Crippen MR) is 99.1 cm³/mol.